The van der Waals surface area contributed by atoms with Crippen molar-refractivity contribution in [2.75, 3.05) is 0 Å². The van der Waals surface area contributed by atoms with E-state index in [9.17, 15) is 9.18 Å². The predicted molar refractivity (Wildman–Crippen MR) is 77.2 cm³/mol. The van der Waals surface area contributed by atoms with Gasteiger partial charge in [0.25, 0.3) is 0 Å². The summed E-state index contributed by atoms with van der Waals surface area (Å²) in [4.78, 5) is 11.5. The van der Waals surface area contributed by atoms with Crippen molar-refractivity contribution in [3.63, 3.8) is 0 Å². The molecule has 5 heteroatoms. The molecule has 0 heterocycles. The van der Waals surface area contributed by atoms with E-state index < -0.39 is 5.82 Å². The Balaban J connectivity index is 2.23. The van der Waals surface area contributed by atoms with Crippen LogP contribution in [-0.4, -0.2) is 5.78 Å². The first-order valence-corrected chi connectivity index (χ1v) is 6.60. The third-order valence-electron chi connectivity index (χ3n) is 2.71. The number of hydrogen-bond donors (Lipinski definition) is 0. The Labute approximate surface area is 126 Å². The predicted octanol–water partition coefficient (Wildman–Crippen LogP) is 4.91. The third-order valence-corrected chi connectivity index (χ3v) is 3.32. The van der Waals surface area contributed by atoms with Crippen LogP contribution in [0.2, 0.25) is 10.0 Å². The SMILES string of the molecule is CC(=O)c1cc(F)ccc1OCc1cc(Cl)ccc1Cl. The van der Waals surface area contributed by atoms with E-state index in [0.717, 1.165) is 6.07 Å². The first-order chi connectivity index (χ1) is 9.47. The smallest absolute Gasteiger partial charge is 0.163 e. The molecule has 0 unspecified atom stereocenters. The van der Waals surface area contributed by atoms with Crippen molar-refractivity contribution in [2.45, 2.75) is 13.5 Å². The van der Waals surface area contributed by atoms with Crippen molar-refractivity contribution in [2.24, 2.45) is 0 Å². The molecule has 0 aliphatic heterocycles. The largest absolute Gasteiger partial charge is 0.488 e. The highest BCUT2D eigenvalue weighted by Gasteiger charge is 2.11. The number of halogens is 3. The van der Waals surface area contributed by atoms with Gasteiger partial charge < -0.3 is 4.74 Å². The maximum Gasteiger partial charge on any atom is 0.163 e. The van der Waals surface area contributed by atoms with Gasteiger partial charge in [0.05, 0.1) is 5.56 Å². The molecule has 0 saturated heterocycles. The molecule has 2 nitrogen and oxygen atoms in total. The first-order valence-electron chi connectivity index (χ1n) is 5.84. The van der Waals surface area contributed by atoms with Crippen molar-refractivity contribution in [1.29, 1.82) is 0 Å². The molecule has 2 rings (SSSR count). The average molecular weight is 313 g/mol. The van der Waals surface area contributed by atoms with Crippen LogP contribution in [0.5, 0.6) is 5.75 Å². The molecule has 0 saturated carbocycles. The van der Waals surface area contributed by atoms with E-state index in [1.807, 2.05) is 0 Å². The van der Waals surface area contributed by atoms with Crippen LogP contribution in [0.3, 0.4) is 0 Å². The molecule has 20 heavy (non-hydrogen) atoms. The van der Waals surface area contributed by atoms with Gasteiger partial charge in [0.1, 0.15) is 18.2 Å². The number of carbonyl (C=O) groups is 1. The van der Waals surface area contributed by atoms with Crippen molar-refractivity contribution in [1.82, 2.24) is 0 Å². The molecule has 0 spiro atoms. The number of benzene rings is 2. The summed E-state index contributed by atoms with van der Waals surface area (Å²) in [6, 6.07) is 8.83. The summed E-state index contributed by atoms with van der Waals surface area (Å²) in [6.45, 7) is 1.50. The van der Waals surface area contributed by atoms with Crippen LogP contribution in [0.15, 0.2) is 36.4 Å². The van der Waals surface area contributed by atoms with Crippen LogP contribution < -0.4 is 4.74 Å². The van der Waals surface area contributed by atoms with Crippen molar-refractivity contribution < 1.29 is 13.9 Å². The number of rotatable bonds is 4. The summed E-state index contributed by atoms with van der Waals surface area (Å²) in [7, 11) is 0. The Morgan fingerprint density at radius 3 is 2.65 bits per heavy atom. The maximum absolute atomic E-state index is 13.1. The van der Waals surface area contributed by atoms with Gasteiger partial charge in [0.2, 0.25) is 0 Å². The Kier molecular flexibility index (Phi) is 4.63. The lowest BCUT2D eigenvalue weighted by Gasteiger charge is -2.11. The van der Waals surface area contributed by atoms with Crippen LogP contribution in [0.25, 0.3) is 0 Å². The van der Waals surface area contributed by atoms with Gasteiger partial charge in [0, 0.05) is 15.6 Å². The standard InChI is InChI=1S/C15H11Cl2FO2/c1-9(19)13-7-12(18)3-5-15(13)20-8-10-6-11(16)2-4-14(10)17/h2-7H,8H2,1H3. The molecular formula is C15H11Cl2FO2. The highest BCUT2D eigenvalue weighted by molar-refractivity contribution is 6.33. The highest BCUT2D eigenvalue weighted by atomic mass is 35.5. The van der Waals surface area contributed by atoms with Crippen molar-refractivity contribution >= 4 is 29.0 Å². The minimum atomic E-state index is -0.483. The summed E-state index contributed by atoms with van der Waals surface area (Å²) < 4.78 is 18.7. The summed E-state index contributed by atoms with van der Waals surface area (Å²) in [5, 5.41) is 1.06. The van der Waals surface area contributed by atoms with E-state index in [1.165, 1.54) is 19.1 Å². The van der Waals surface area contributed by atoms with E-state index in [0.29, 0.717) is 21.4 Å². The zero-order valence-electron chi connectivity index (χ0n) is 10.6. The lowest BCUT2D eigenvalue weighted by molar-refractivity contribution is 0.101. The lowest BCUT2D eigenvalue weighted by Crippen LogP contribution is -2.02. The quantitative estimate of drug-likeness (QED) is 0.749. The van der Waals surface area contributed by atoms with E-state index in [-0.39, 0.29) is 18.0 Å². The summed E-state index contributed by atoms with van der Waals surface area (Å²) in [5.74, 6) is -0.435. The lowest BCUT2D eigenvalue weighted by atomic mass is 10.1. The van der Waals surface area contributed by atoms with Gasteiger partial charge in [0.15, 0.2) is 5.78 Å². The molecule has 0 fully saturated rings. The Morgan fingerprint density at radius 1 is 1.20 bits per heavy atom. The molecule has 0 aliphatic rings. The van der Waals surface area contributed by atoms with Gasteiger partial charge in [-0.25, -0.2) is 4.39 Å². The van der Waals surface area contributed by atoms with Gasteiger partial charge in [-0.2, -0.15) is 0 Å². The normalized spacial score (nSPS) is 10.4. The van der Waals surface area contributed by atoms with E-state index in [4.69, 9.17) is 27.9 Å². The monoisotopic (exact) mass is 312 g/mol. The van der Waals surface area contributed by atoms with Gasteiger partial charge >= 0.3 is 0 Å². The molecule has 104 valence electrons. The van der Waals surface area contributed by atoms with Crippen LogP contribution in [-0.2, 0) is 6.61 Å². The van der Waals surface area contributed by atoms with Gasteiger partial charge in [-0.3, -0.25) is 4.79 Å². The number of carbonyl (C=O) groups excluding carboxylic acids is 1. The second kappa shape index (κ2) is 6.25. The number of hydrogen-bond acceptors (Lipinski definition) is 2. The minimum absolute atomic E-state index is 0.144. The molecular weight excluding hydrogens is 302 g/mol. The van der Waals surface area contributed by atoms with Crippen molar-refractivity contribution in [3.8, 4) is 5.75 Å². The van der Waals surface area contributed by atoms with E-state index >= 15 is 0 Å². The van der Waals surface area contributed by atoms with Gasteiger partial charge in [-0.1, -0.05) is 23.2 Å². The molecule has 0 aliphatic carbocycles. The zero-order valence-corrected chi connectivity index (χ0v) is 12.1. The molecule has 0 radical (unpaired) electrons. The second-order valence-corrected chi connectivity index (χ2v) is 5.06. The van der Waals surface area contributed by atoms with Gasteiger partial charge in [-0.05, 0) is 43.3 Å². The average Bonchev–Trinajstić information content (AvgIpc) is 2.40. The van der Waals surface area contributed by atoms with Crippen molar-refractivity contribution in [3.05, 3.63) is 63.4 Å². The van der Waals surface area contributed by atoms with Crippen LogP contribution in [0.4, 0.5) is 4.39 Å². The molecule has 0 amide bonds. The molecule has 0 atom stereocenters. The fourth-order valence-electron chi connectivity index (χ4n) is 1.71. The molecule has 2 aromatic rings. The summed E-state index contributed by atoms with van der Waals surface area (Å²) in [5.41, 5.74) is 0.890. The molecule has 0 aromatic heterocycles. The molecule has 0 bridgehead atoms. The van der Waals surface area contributed by atoms with E-state index in [1.54, 1.807) is 18.2 Å². The minimum Gasteiger partial charge on any atom is -0.488 e. The molecule has 2 aromatic carbocycles. The van der Waals surface area contributed by atoms with Crippen LogP contribution in [0.1, 0.15) is 22.8 Å². The first kappa shape index (κ1) is 14.8. The van der Waals surface area contributed by atoms with E-state index in [2.05, 4.69) is 0 Å². The summed E-state index contributed by atoms with van der Waals surface area (Å²) in [6.07, 6.45) is 0. The maximum atomic E-state index is 13.1. The Hall–Kier alpha value is -1.58. The third kappa shape index (κ3) is 3.50. The van der Waals surface area contributed by atoms with Gasteiger partial charge in [-0.15, -0.1) is 0 Å². The molecule has 0 N–H and O–H groups in total. The Bertz CT molecular complexity index is 656. The number of ether oxygens (including phenoxy) is 1. The zero-order chi connectivity index (χ0) is 14.7. The van der Waals surface area contributed by atoms with Crippen LogP contribution >= 0.6 is 23.2 Å². The van der Waals surface area contributed by atoms with Crippen LogP contribution in [0, 0.1) is 5.82 Å². The second-order valence-electron chi connectivity index (χ2n) is 4.22. The Morgan fingerprint density at radius 2 is 1.95 bits per heavy atom. The summed E-state index contributed by atoms with van der Waals surface area (Å²) >= 11 is 11.9. The highest BCUT2D eigenvalue weighted by Crippen LogP contribution is 2.25. The number of Topliss-reactive ketones (excluding diaryl/α,β-unsaturated/α-hetero) is 1. The topological polar surface area (TPSA) is 26.3 Å². The number of ketones is 1. The fraction of sp³-hybridized carbons (Fsp3) is 0.133. The fourth-order valence-corrected chi connectivity index (χ4v) is 2.08.